The van der Waals surface area contributed by atoms with Crippen molar-refractivity contribution in [1.82, 2.24) is 4.90 Å². The summed E-state index contributed by atoms with van der Waals surface area (Å²) in [4.78, 5) is 5.43. The highest BCUT2D eigenvalue weighted by molar-refractivity contribution is 5.50. The number of benzene rings is 2. The summed E-state index contributed by atoms with van der Waals surface area (Å²) in [5, 5.41) is 0. The van der Waals surface area contributed by atoms with Gasteiger partial charge in [0, 0.05) is 37.4 Å². The van der Waals surface area contributed by atoms with Crippen LogP contribution in [0.2, 0.25) is 0 Å². The Labute approximate surface area is 156 Å². The van der Waals surface area contributed by atoms with E-state index in [-0.39, 0.29) is 0 Å². The zero-order valence-corrected chi connectivity index (χ0v) is 15.6. The number of methoxy groups -OCH3 is 1. The van der Waals surface area contributed by atoms with Gasteiger partial charge in [-0.1, -0.05) is 24.3 Å². The third-order valence-electron chi connectivity index (χ3n) is 6.65. The molecule has 1 aliphatic carbocycles. The maximum absolute atomic E-state index is 5.46. The van der Waals surface area contributed by atoms with Crippen molar-refractivity contribution >= 4 is 5.69 Å². The molecule has 0 aromatic heterocycles. The van der Waals surface area contributed by atoms with Gasteiger partial charge in [0.2, 0.25) is 0 Å². The fourth-order valence-electron chi connectivity index (χ4n) is 5.46. The minimum Gasteiger partial charge on any atom is -0.497 e. The van der Waals surface area contributed by atoms with Gasteiger partial charge in [0.05, 0.1) is 7.11 Å². The van der Waals surface area contributed by atoms with Gasteiger partial charge >= 0.3 is 0 Å². The molecule has 0 saturated carbocycles. The maximum atomic E-state index is 5.46. The minimum absolute atomic E-state index is 0.669. The van der Waals surface area contributed by atoms with Crippen molar-refractivity contribution in [3.8, 4) is 5.75 Å². The topological polar surface area (TPSA) is 15.7 Å². The Morgan fingerprint density at radius 3 is 2.46 bits per heavy atom. The average molecular weight is 348 g/mol. The van der Waals surface area contributed by atoms with E-state index in [0.29, 0.717) is 18.0 Å². The van der Waals surface area contributed by atoms with E-state index in [1.807, 2.05) is 0 Å². The number of fused-ring (bicyclic) bond motifs is 3. The summed E-state index contributed by atoms with van der Waals surface area (Å²) in [5.74, 6) is 1.67. The molecule has 1 unspecified atom stereocenters. The van der Waals surface area contributed by atoms with Crippen LogP contribution < -0.4 is 9.64 Å². The molecule has 136 valence electrons. The molecule has 0 spiro atoms. The van der Waals surface area contributed by atoms with Crippen LogP contribution in [0.4, 0.5) is 5.69 Å². The van der Waals surface area contributed by atoms with E-state index in [2.05, 4.69) is 58.3 Å². The molecule has 2 heterocycles. The first-order chi connectivity index (χ1) is 12.8. The molecule has 0 N–H and O–H groups in total. The van der Waals surface area contributed by atoms with Gasteiger partial charge in [0.1, 0.15) is 5.75 Å². The van der Waals surface area contributed by atoms with E-state index in [0.717, 1.165) is 5.75 Å². The van der Waals surface area contributed by atoms with Gasteiger partial charge in [-0.25, -0.2) is 0 Å². The number of piperazine rings is 1. The molecule has 26 heavy (non-hydrogen) atoms. The SMILES string of the molecule is COc1ccc2c(c1)C(CN1C[C@H]3CC[C@@H](C1)N3c1ccccc1)CC2. The molecule has 2 bridgehead atoms. The van der Waals surface area contributed by atoms with E-state index < -0.39 is 0 Å². The Hall–Kier alpha value is -2.00. The first-order valence-electron chi connectivity index (χ1n) is 10.0. The van der Waals surface area contributed by atoms with Crippen molar-refractivity contribution in [2.24, 2.45) is 0 Å². The zero-order valence-electron chi connectivity index (χ0n) is 15.6. The van der Waals surface area contributed by atoms with Crippen molar-refractivity contribution in [1.29, 1.82) is 0 Å². The van der Waals surface area contributed by atoms with Gasteiger partial charge in [-0.2, -0.15) is 0 Å². The van der Waals surface area contributed by atoms with E-state index in [4.69, 9.17) is 4.74 Å². The molecule has 3 aliphatic rings. The van der Waals surface area contributed by atoms with Crippen LogP contribution in [0.5, 0.6) is 5.75 Å². The normalized spacial score (nSPS) is 27.6. The lowest BCUT2D eigenvalue weighted by Gasteiger charge is -2.43. The molecule has 3 heteroatoms. The number of ether oxygens (including phenoxy) is 1. The second-order valence-electron chi connectivity index (χ2n) is 8.15. The monoisotopic (exact) mass is 348 g/mol. The fourth-order valence-corrected chi connectivity index (χ4v) is 5.46. The number of hydrogen-bond donors (Lipinski definition) is 0. The largest absolute Gasteiger partial charge is 0.497 e. The summed E-state index contributed by atoms with van der Waals surface area (Å²) in [6.45, 7) is 3.62. The van der Waals surface area contributed by atoms with Crippen LogP contribution >= 0.6 is 0 Å². The zero-order chi connectivity index (χ0) is 17.5. The number of para-hydroxylation sites is 1. The van der Waals surface area contributed by atoms with Crippen molar-refractivity contribution in [2.75, 3.05) is 31.6 Å². The molecule has 2 aliphatic heterocycles. The molecule has 0 radical (unpaired) electrons. The fraction of sp³-hybridized carbons (Fsp3) is 0.478. The minimum atomic E-state index is 0.669. The second-order valence-corrected chi connectivity index (χ2v) is 8.15. The Bertz CT molecular complexity index is 761. The van der Waals surface area contributed by atoms with E-state index >= 15 is 0 Å². The Morgan fingerprint density at radius 2 is 1.73 bits per heavy atom. The smallest absolute Gasteiger partial charge is 0.119 e. The van der Waals surface area contributed by atoms with Crippen LogP contribution in [0, 0.1) is 0 Å². The summed E-state index contributed by atoms with van der Waals surface area (Å²) in [5.41, 5.74) is 4.47. The van der Waals surface area contributed by atoms with E-state index in [1.165, 1.54) is 62.1 Å². The number of anilines is 1. The van der Waals surface area contributed by atoms with Crippen molar-refractivity contribution in [3.63, 3.8) is 0 Å². The lowest BCUT2D eigenvalue weighted by Crippen LogP contribution is -2.54. The van der Waals surface area contributed by atoms with E-state index in [9.17, 15) is 0 Å². The summed E-state index contributed by atoms with van der Waals surface area (Å²) >= 11 is 0. The highest BCUT2D eigenvalue weighted by Crippen LogP contribution is 2.39. The lowest BCUT2D eigenvalue weighted by molar-refractivity contribution is 0.207. The van der Waals surface area contributed by atoms with Crippen LogP contribution in [0.3, 0.4) is 0 Å². The third-order valence-corrected chi connectivity index (χ3v) is 6.65. The molecular weight excluding hydrogens is 320 g/mol. The summed E-state index contributed by atoms with van der Waals surface area (Å²) < 4.78 is 5.46. The Balaban J connectivity index is 1.30. The molecule has 2 aromatic carbocycles. The second kappa shape index (κ2) is 6.62. The first kappa shape index (κ1) is 16.2. The van der Waals surface area contributed by atoms with Gasteiger partial charge < -0.3 is 9.64 Å². The number of likely N-dealkylation sites (tertiary alicyclic amines) is 1. The number of aryl methyl sites for hydroxylation is 1. The van der Waals surface area contributed by atoms with Gasteiger partial charge in [-0.15, -0.1) is 0 Å². The average Bonchev–Trinajstić information content (AvgIpc) is 3.20. The van der Waals surface area contributed by atoms with Crippen LogP contribution in [0.1, 0.15) is 36.3 Å². The highest BCUT2D eigenvalue weighted by Gasteiger charge is 2.40. The van der Waals surface area contributed by atoms with Crippen LogP contribution in [0.25, 0.3) is 0 Å². The molecule has 2 aromatic rings. The first-order valence-corrected chi connectivity index (χ1v) is 10.0. The van der Waals surface area contributed by atoms with Crippen LogP contribution in [-0.2, 0) is 6.42 Å². The summed E-state index contributed by atoms with van der Waals surface area (Å²) in [6.07, 6.45) is 5.19. The van der Waals surface area contributed by atoms with Crippen molar-refractivity contribution < 1.29 is 4.74 Å². The predicted molar refractivity (Wildman–Crippen MR) is 106 cm³/mol. The van der Waals surface area contributed by atoms with Crippen LogP contribution in [0.15, 0.2) is 48.5 Å². The summed E-state index contributed by atoms with van der Waals surface area (Å²) in [6, 6.07) is 19.0. The van der Waals surface area contributed by atoms with E-state index in [1.54, 1.807) is 7.11 Å². The molecule has 3 nitrogen and oxygen atoms in total. The molecule has 0 amide bonds. The van der Waals surface area contributed by atoms with Gasteiger partial charge in [0.25, 0.3) is 0 Å². The molecule has 5 rings (SSSR count). The molecule has 3 atom stereocenters. The van der Waals surface area contributed by atoms with Crippen molar-refractivity contribution in [3.05, 3.63) is 59.7 Å². The number of rotatable bonds is 4. The molecule has 2 saturated heterocycles. The van der Waals surface area contributed by atoms with Gasteiger partial charge in [-0.05, 0) is 67.0 Å². The Kier molecular flexibility index (Phi) is 4.12. The molecular formula is C23H28N2O. The third kappa shape index (κ3) is 2.79. The molecule has 2 fully saturated rings. The lowest BCUT2D eigenvalue weighted by atomic mass is 9.99. The van der Waals surface area contributed by atoms with Gasteiger partial charge in [0.15, 0.2) is 0 Å². The predicted octanol–water partition coefficient (Wildman–Crippen LogP) is 4.08. The summed E-state index contributed by atoms with van der Waals surface area (Å²) in [7, 11) is 1.77. The van der Waals surface area contributed by atoms with Crippen molar-refractivity contribution in [2.45, 2.75) is 43.7 Å². The number of hydrogen-bond acceptors (Lipinski definition) is 3. The Morgan fingerprint density at radius 1 is 0.962 bits per heavy atom. The van der Waals surface area contributed by atoms with Gasteiger partial charge in [-0.3, -0.25) is 4.90 Å². The quantitative estimate of drug-likeness (QED) is 0.828. The number of nitrogens with zero attached hydrogens (tertiary/aromatic N) is 2. The van der Waals surface area contributed by atoms with Crippen LogP contribution in [-0.4, -0.2) is 43.7 Å². The maximum Gasteiger partial charge on any atom is 0.119 e. The highest BCUT2D eigenvalue weighted by atomic mass is 16.5. The standard InChI is InChI=1S/C23H28N2O/c1-26-22-12-9-17-7-8-18(23(17)13-22)14-24-15-20-10-11-21(16-24)25(20)19-5-3-2-4-6-19/h2-6,9,12-13,18,20-21H,7-8,10-11,14-16H2,1H3/t18?,20-,21+.